The van der Waals surface area contributed by atoms with Crippen molar-refractivity contribution in [1.29, 1.82) is 0 Å². The fourth-order valence-corrected chi connectivity index (χ4v) is 8.22. The molecule has 2 heterocycles. The average molecular weight is 638 g/mol. The Morgan fingerprint density at radius 1 is 0.812 bits per heavy atom. The second-order valence-electron chi connectivity index (χ2n) is 12.4. The van der Waals surface area contributed by atoms with Crippen LogP contribution in [-0.4, -0.2) is 37.7 Å². The second kappa shape index (κ2) is 11.1. The normalized spacial score (nSPS) is 23.0. The zero-order valence-electron chi connectivity index (χ0n) is 26.0. The number of phenols is 1. The van der Waals surface area contributed by atoms with E-state index in [1.54, 1.807) is 30.3 Å². The first-order chi connectivity index (χ1) is 23.4. The lowest BCUT2D eigenvalue weighted by Crippen LogP contribution is -2.58. The number of Topliss-reactive ketones (excluding diaryl/α,β-unsaturated/α-hetero) is 1. The average Bonchev–Trinajstić information content (AvgIpc) is 3.39. The van der Waals surface area contributed by atoms with E-state index >= 15 is 4.79 Å². The van der Waals surface area contributed by atoms with Crippen molar-refractivity contribution in [3.05, 3.63) is 165 Å². The fraction of sp³-hybridized carbons (Fsp3) is 0.179. The van der Waals surface area contributed by atoms with E-state index in [-0.39, 0.29) is 30.3 Å². The lowest BCUT2D eigenvalue weighted by atomic mass is 9.47. The molecule has 1 aromatic heterocycles. The van der Waals surface area contributed by atoms with Gasteiger partial charge in [0.2, 0.25) is 0 Å². The number of rotatable bonds is 5. The van der Waals surface area contributed by atoms with E-state index in [2.05, 4.69) is 0 Å². The third-order valence-corrected chi connectivity index (χ3v) is 10.2. The molecule has 4 aromatic carbocycles. The van der Waals surface area contributed by atoms with Crippen LogP contribution in [0.15, 0.2) is 137 Å². The minimum absolute atomic E-state index is 0.0202. The molecule has 238 valence electrons. The molecule has 0 radical (unpaired) electrons. The zero-order chi connectivity index (χ0) is 33.2. The molecular weight excluding hydrogens is 606 g/mol. The number of fused-ring (bicyclic) bond motifs is 4. The topological polar surface area (TPSA) is 113 Å². The van der Waals surface area contributed by atoms with E-state index in [0.717, 1.165) is 10.1 Å². The standard InChI is InChI=1S/C39H31N3O6/c1-48-33-21-27(43)17-18-29(33)35-28-19-20-40-37(46)41(26-15-9-4-10-16-26)38(47)42(40)32(28)23-31-36(45)30(24-11-5-2-6-12-24)22-34(44)39(31,35)25-13-7-3-8-14-25/h2-19,21-22,31-32,35,43H,20,23H2,1H3. The van der Waals surface area contributed by atoms with E-state index in [1.165, 1.54) is 34.7 Å². The molecule has 3 aliphatic rings. The molecule has 2 aliphatic carbocycles. The summed E-state index contributed by atoms with van der Waals surface area (Å²) < 4.78 is 9.83. The Morgan fingerprint density at radius 3 is 2.17 bits per heavy atom. The molecule has 0 spiro atoms. The van der Waals surface area contributed by atoms with Crippen molar-refractivity contribution in [2.75, 3.05) is 7.11 Å². The minimum Gasteiger partial charge on any atom is -0.508 e. The molecule has 8 rings (SSSR count). The number of nitrogens with zero attached hydrogens (tertiary/aromatic N) is 3. The van der Waals surface area contributed by atoms with Crippen LogP contribution >= 0.6 is 0 Å². The van der Waals surface area contributed by atoms with Crippen LogP contribution in [0.2, 0.25) is 0 Å². The molecule has 9 nitrogen and oxygen atoms in total. The van der Waals surface area contributed by atoms with Crippen LogP contribution in [0.1, 0.15) is 35.1 Å². The fourth-order valence-electron chi connectivity index (χ4n) is 8.22. The highest BCUT2D eigenvalue weighted by atomic mass is 16.5. The number of hydrogen-bond donors (Lipinski definition) is 1. The maximum Gasteiger partial charge on any atom is 0.352 e. The Balaban J connectivity index is 1.44. The van der Waals surface area contributed by atoms with Gasteiger partial charge in [0.25, 0.3) is 0 Å². The van der Waals surface area contributed by atoms with Gasteiger partial charge in [0.05, 0.1) is 30.8 Å². The summed E-state index contributed by atoms with van der Waals surface area (Å²) in [6, 6.07) is 31.2. The number of para-hydroxylation sites is 1. The van der Waals surface area contributed by atoms with Crippen LogP contribution in [0.25, 0.3) is 11.3 Å². The monoisotopic (exact) mass is 637 g/mol. The third-order valence-electron chi connectivity index (χ3n) is 10.2. The molecule has 1 N–H and O–H groups in total. The maximum absolute atomic E-state index is 15.1. The highest BCUT2D eigenvalue weighted by Crippen LogP contribution is 2.62. The molecular formula is C39H31N3O6. The van der Waals surface area contributed by atoms with Crippen LogP contribution < -0.4 is 16.1 Å². The number of carbonyl (C=O) groups is 2. The van der Waals surface area contributed by atoms with Crippen molar-refractivity contribution in [1.82, 2.24) is 13.9 Å². The van der Waals surface area contributed by atoms with Crippen LogP contribution in [0.3, 0.4) is 0 Å². The van der Waals surface area contributed by atoms with E-state index in [0.29, 0.717) is 33.7 Å². The number of benzene rings is 4. The summed E-state index contributed by atoms with van der Waals surface area (Å²) >= 11 is 0. The summed E-state index contributed by atoms with van der Waals surface area (Å²) in [4.78, 5) is 58.2. The summed E-state index contributed by atoms with van der Waals surface area (Å²) in [5.41, 5.74) is 0.912. The van der Waals surface area contributed by atoms with Crippen molar-refractivity contribution in [3.63, 3.8) is 0 Å². The van der Waals surface area contributed by atoms with Crippen molar-refractivity contribution < 1.29 is 19.4 Å². The minimum atomic E-state index is -1.42. The van der Waals surface area contributed by atoms with Gasteiger partial charge in [-0.15, -0.1) is 0 Å². The van der Waals surface area contributed by atoms with E-state index in [9.17, 15) is 19.5 Å². The Morgan fingerprint density at radius 2 is 1.48 bits per heavy atom. The van der Waals surface area contributed by atoms with Crippen LogP contribution in [0, 0.1) is 5.92 Å². The van der Waals surface area contributed by atoms with Gasteiger partial charge in [-0.05, 0) is 47.4 Å². The molecule has 0 amide bonds. The van der Waals surface area contributed by atoms with Gasteiger partial charge in [-0.25, -0.2) is 23.5 Å². The number of aromatic hydroxyl groups is 1. The van der Waals surface area contributed by atoms with Gasteiger partial charge in [-0.2, -0.15) is 0 Å². The van der Waals surface area contributed by atoms with Crippen molar-refractivity contribution in [2.45, 2.75) is 30.3 Å². The number of carbonyl (C=O) groups excluding carboxylic acids is 2. The van der Waals surface area contributed by atoms with Crippen molar-refractivity contribution in [3.8, 4) is 17.2 Å². The Hall–Kier alpha value is -5.96. The van der Waals surface area contributed by atoms with Gasteiger partial charge in [0.1, 0.15) is 11.5 Å². The summed E-state index contributed by atoms with van der Waals surface area (Å²) in [6.45, 7) is 0.0828. The SMILES string of the molecule is COc1cc(O)ccc1C1C2=CCn3c(=O)n(-c4ccccc4)c(=O)n3C2CC2C(=O)C(c3ccccc3)=CC(=O)C21c1ccccc1. The van der Waals surface area contributed by atoms with Gasteiger partial charge in [0, 0.05) is 29.0 Å². The number of aromatic nitrogens is 3. The van der Waals surface area contributed by atoms with Gasteiger partial charge in [0.15, 0.2) is 11.6 Å². The molecule has 5 aromatic rings. The summed E-state index contributed by atoms with van der Waals surface area (Å²) in [7, 11) is 1.49. The Bertz CT molecular complexity index is 2280. The summed E-state index contributed by atoms with van der Waals surface area (Å²) in [6.07, 6.45) is 3.48. The number of ether oxygens (including phenoxy) is 1. The second-order valence-corrected chi connectivity index (χ2v) is 12.4. The summed E-state index contributed by atoms with van der Waals surface area (Å²) in [5, 5.41) is 10.5. The molecule has 0 saturated heterocycles. The van der Waals surface area contributed by atoms with Gasteiger partial charge in [-0.1, -0.05) is 91.0 Å². The third kappa shape index (κ3) is 4.10. The number of phenolic OH excluding ortho intramolecular Hbond substituents is 1. The van der Waals surface area contributed by atoms with E-state index in [4.69, 9.17) is 4.74 Å². The van der Waals surface area contributed by atoms with Gasteiger partial charge in [-0.3, -0.25) is 9.59 Å². The molecule has 1 aliphatic heterocycles. The van der Waals surface area contributed by atoms with Crippen LogP contribution in [-0.2, 0) is 21.5 Å². The quantitative estimate of drug-likeness (QED) is 0.273. The lowest BCUT2D eigenvalue weighted by molar-refractivity contribution is -0.133. The zero-order valence-corrected chi connectivity index (χ0v) is 26.0. The molecule has 1 fully saturated rings. The largest absolute Gasteiger partial charge is 0.508 e. The van der Waals surface area contributed by atoms with Crippen molar-refractivity contribution >= 4 is 17.1 Å². The maximum atomic E-state index is 15.1. The number of methoxy groups -OCH3 is 1. The van der Waals surface area contributed by atoms with Crippen molar-refractivity contribution in [2.24, 2.45) is 5.92 Å². The van der Waals surface area contributed by atoms with Crippen LogP contribution in [0.4, 0.5) is 0 Å². The Labute approximate surface area is 275 Å². The Kier molecular flexibility index (Phi) is 6.80. The first-order valence-corrected chi connectivity index (χ1v) is 15.8. The highest BCUT2D eigenvalue weighted by Gasteiger charge is 2.63. The van der Waals surface area contributed by atoms with Gasteiger partial charge < -0.3 is 9.84 Å². The first-order valence-electron chi connectivity index (χ1n) is 15.8. The van der Waals surface area contributed by atoms with Crippen LogP contribution in [0.5, 0.6) is 11.5 Å². The molecule has 4 atom stereocenters. The van der Waals surface area contributed by atoms with Gasteiger partial charge >= 0.3 is 11.4 Å². The first kappa shape index (κ1) is 29.4. The number of ketones is 2. The lowest BCUT2D eigenvalue weighted by Gasteiger charge is -2.54. The predicted octanol–water partition coefficient (Wildman–Crippen LogP) is 4.97. The predicted molar refractivity (Wildman–Crippen MR) is 179 cm³/mol. The smallest absolute Gasteiger partial charge is 0.352 e. The number of allylic oxidation sites excluding steroid dienone is 4. The molecule has 0 bridgehead atoms. The molecule has 4 unspecified atom stereocenters. The molecule has 9 heteroatoms. The summed E-state index contributed by atoms with van der Waals surface area (Å²) in [5.74, 6) is -1.86. The van der Waals surface area contributed by atoms with E-state index in [1.807, 2.05) is 72.8 Å². The highest BCUT2D eigenvalue weighted by molar-refractivity contribution is 6.31. The number of hydrogen-bond acceptors (Lipinski definition) is 6. The molecule has 48 heavy (non-hydrogen) atoms. The van der Waals surface area contributed by atoms with E-state index < -0.39 is 34.7 Å². The molecule has 1 saturated carbocycles.